The van der Waals surface area contributed by atoms with E-state index in [0.29, 0.717) is 18.8 Å². The summed E-state index contributed by atoms with van der Waals surface area (Å²) in [5.41, 5.74) is 1.41. The molecule has 0 radical (unpaired) electrons. The van der Waals surface area contributed by atoms with Crippen molar-refractivity contribution < 1.29 is 14.6 Å². The van der Waals surface area contributed by atoms with Crippen molar-refractivity contribution in [3.63, 3.8) is 0 Å². The predicted molar refractivity (Wildman–Crippen MR) is 66.0 cm³/mol. The average molecular weight is 238 g/mol. The second-order valence-electron chi connectivity index (χ2n) is 3.68. The fraction of sp³-hybridized carbons (Fsp3) is 0.417. The van der Waals surface area contributed by atoms with Gasteiger partial charge in [0.25, 0.3) is 0 Å². The molecule has 0 spiro atoms. The lowest BCUT2D eigenvalue weighted by Crippen LogP contribution is -2.31. The van der Waals surface area contributed by atoms with Crippen LogP contribution in [0.25, 0.3) is 0 Å². The van der Waals surface area contributed by atoms with E-state index in [1.54, 1.807) is 38.3 Å². The molecule has 1 atom stereocenters. The molecule has 2 amide bonds. The number of rotatable bonds is 5. The molecule has 0 aliphatic rings. The van der Waals surface area contributed by atoms with Crippen molar-refractivity contribution in [2.75, 3.05) is 25.6 Å². The van der Waals surface area contributed by atoms with E-state index in [-0.39, 0.29) is 6.03 Å². The Morgan fingerprint density at radius 3 is 2.94 bits per heavy atom. The molecule has 0 fully saturated rings. The van der Waals surface area contributed by atoms with Gasteiger partial charge in [0, 0.05) is 19.3 Å². The third-order valence-corrected chi connectivity index (χ3v) is 2.22. The van der Waals surface area contributed by atoms with Crippen molar-refractivity contribution in [2.24, 2.45) is 0 Å². The highest BCUT2D eigenvalue weighted by molar-refractivity contribution is 5.89. The number of hydrogen-bond donors (Lipinski definition) is 3. The molecule has 1 aromatic carbocycles. The molecule has 17 heavy (non-hydrogen) atoms. The molecular weight excluding hydrogens is 220 g/mol. The Morgan fingerprint density at radius 2 is 2.29 bits per heavy atom. The van der Waals surface area contributed by atoms with Gasteiger partial charge in [0.1, 0.15) is 0 Å². The molecule has 0 aliphatic carbocycles. The van der Waals surface area contributed by atoms with Crippen molar-refractivity contribution >= 4 is 11.7 Å². The first-order chi connectivity index (χ1) is 8.13. The van der Waals surface area contributed by atoms with Crippen LogP contribution in [0, 0.1) is 0 Å². The predicted octanol–water partition coefficient (Wildman–Crippen LogP) is 1.51. The van der Waals surface area contributed by atoms with Crippen molar-refractivity contribution in [3.8, 4) is 0 Å². The first-order valence-corrected chi connectivity index (χ1v) is 5.45. The van der Waals surface area contributed by atoms with Crippen LogP contribution in [-0.4, -0.2) is 31.4 Å². The zero-order chi connectivity index (χ0) is 12.7. The molecule has 0 bridgehead atoms. The van der Waals surface area contributed by atoms with Gasteiger partial charge < -0.3 is 20.5 Å². The molecule has 94 valence electrons. The fourth-order valence-corrected chi connectivity index (χ4v) is 1.32. The number of anilines is 1. The van der Waals surface area contributed by atoms with E-state index in [2.05, 4.69) is 10.6 Å². The molecule has 1 aromatic rings. The quantitative estimate of drug-likeness (QED) is 0.681. The topological polar surface area (TPSA) is 70.6 Å². The summed E-state index contributed by atoms with van der Waals surface area (Å²) in [6, 6.07) is 6.80. The summed E-state index contributed by atoms with van der Waals surface area (Å²) in [6.07, 6.45) is -0.548. The lowest BCUT2D eigenvalue weighted by Gasteiger charge is -2.09. The number of amides is 2. The first-order valence-electron chi connectivity index (χ1n) is 5.45. The number of nitrogens with one attached hydrogen (secondary N) is 2. The van der Waals surface area contributed by atoms with Gasteiger partial charge in [-0.15, -0.1) is 0 Å². The van der Waals surface area contributed by atoms with Crippen LogP contribution in [0.15, 0.2) is 24.3 Å². The maximum absolute atomic E-state index is 11.4. The number of carbonyl (C=O) groups is 1. The normalized spacial score (nSPS) is 11.9. The van der Waals surface area contributed by atoms with E-state index >= 15 is 0 Å². The van der Waals surface area contributed by atoms with E-state index in [9.17, 15) is 9.90 Å². The van der Waals surface area contributed by atoms with E-state index in [0.717, 1.165) is 5.56 Å². The first kappa shape index (κ1) is 13.5. The minimum Gasteiger partial charge on any atom is -0.389 e. The number of methoxy groups -OCH3 is 1. The number of aliphatic hydroxyl groups excluding tert-OH is 1. The van der Waals surface area contributed by atoms with Crippen molar-refractivity contribution in [1.82, 2.24) is 5.32 Å². The van der Waals surface area contributed by atoms with Gasteiger partial charge in [-0.05, 0) is 24.6 Å². The Morgan fingerprint density at radius 1 is 1.53 bits per heavy atom. The zero-order valence-corrected chi connectivity index (χ0v) is 10.1. The molecule has 5 heteroatoms. The van der Waals surface area contributed by atoms with Crippen LogP contribution in [0.1, 0.15) is 18.6 Å². The molecule has 1 unspecified atom stereocenters. The molecule has 3 N–H and O–H groups in total. The van der Waals surface area contributed by atoms with Gasteiger partial charge >= 0.3 is 6.03 Å². The molecular formula is C12H18N2O3. The van der Waals surface area contributed by atoms with Gasteiger partial charge in [-0.1, -0.05) is 12.1 Å². The number of benzene rings is 1. The van der Waals surface area contributed by atoms with Crippen molar-refractivity contribution in [1.29, 1.82) is 0 Å². The largest absolute Gasteiger partial charge is 0.389 e. The lowest BCUT2D eigenvalue weighted by atomic mass is 10.1. The number of urea groups is 1. The minimum atomic E-state index is -0.548. The summed E-state index contributed by atoms with van der Waals surface area (Å²) in [4.78, 5) is 11.4. The summed E-state index contributed by atoms with van der Waals surface area (Å²) in [5, 5.41) is 14.7. The molecule has 5 nitrogen and oxygen atoms in total. The lowest BCUT2D eigenvalue weighted by molar-refractivity contribution is 0.198. The van der Waals surface area contributed by atoms with Gasteiger partial charge in [0.05, 0.1) is 12.7 Å². The van der Waals surface area contributed by atoms with Gasteiger partial charge in [-0.2, -0.15) is 0 Å². The Labute approximate surface area is 101 Å². The van der Waals surface area contributed by atoms with Gasteiger partial charge in [-0.25, -0.2) is 4.79 Å². The van der Waals surface area contributed by atoms with Crippen molar-refractivity contribution in [3.05, 3.63) is 29.8 Å². The highest BCUT2D eigenvalue weighted by atomic mass is 16.5. The van der Waals surface area contributed by atoms with E-state index in [1.807, 2.05) is 0 Å². The number of carbonyl (C=O) groups excluding carboxylic acids is 1. The maximum Gasteiger partial charge on any atom is 0.319 e. The van der Waals surface area contributed by atoms with Crippen LogP contribution >= 0.6 is 0 Å². The Balaban J connectivity index is 2.50. The summed E-state index contributed by atoms with van der Waals surface area (Å²) in [6.45, 7) is 2.61. The molecule has 0 aromatic heterocycles. The molecule has 0 saturated heterocycles. The van der Waals surface area contributed by atoms with Gasteiger partial charge in [-0.3, -0.25) is 0 Å². The number of hydrogen-bond acceptors (Lipinski definition) is 3. The molecule has 0 heterocycles. The van der Waals surface area contributed by atoms with Crippen LogP contribution in [0.5, 0.6) is 0 Å². The van der Waals surface area contributed by atoms with Gasteiger partial charge in [0.2, 0.25) is 0 Å². The second kappa shape index (κ2) is 6.88. The second-order valence-corrected chi connectivity index (χ2v) is 3.68. The number of ether oxygens (including phenoxy) is 1. The summed E-state index contributed by atoms with van der Waals surface area (Å²) < 4.78 is 4.82. The van der Waals surface area contributed by atoms with E-state index < -0.39 is 6.10 Å². The fourth-order valence-electron chi connectivity index (χ4n) is 1.32. The molecule has 1 rings (SSSR count). The van der Waals surface area contributed by atoms with Crippen LogP contribution in [-0.2, 0) is 4.74 Å². The third kappa shape index (κ3) is 4.84. The van der Waals surface area contributed by atoms with Gasteiger partial charge in [0.15, 0.2) is 0 Å². The third-order valence-electron chi connectivity index (χ3n) is 2.22. The SMILES string of the molecule is COCCNC(=O)Nc1cccc(C(C)O)c1. The Hall–Kier alpha value is -1.59. The highest BCUT2D eigenvalue weighted by Crippen LogP contribution is 2.16. The maximum atomic E-state index is 11.4. The van der Waals surface area contributed by atoms with Crippen molar-refractivity contribution in [2.45, 2.75) is 13.0 Å². The van der Waals surface area contributed by atoms with Crippen LogP contribution in [0.2, 0.25) is 0 Å². The standard InChI is InChI=1S/C12H18N2O3/c1-9(15)10-4-3-5-11(8-10)14-12(16)13-6-7-17-2/h3-5,8-9,15H,6-7H2,1-2H3,(H2,13,14,16). The molecule has 0 saturated carbocycles. The highest BCUT2D eigenvalue weighted by Gasteiger charge is 2.04. The monoisotopic (exact) mass is 238 g/mol. The Bertz CT molecular complexity index is 367. The van der Waals surface area contributed by atoms with E-state index in [1.165, 1.54) is 0 Å². The molecule has 0 aliphatic heterocycles. The summed E-state index contributed by atoms with van der Waals surface area (Å²) in [5.74, 6) is 0. The van der Waals surface area contributed by atoms with Crippen LogP contribution in [0.4, 0.5) is 10.5 Å². The zero-order valence-electron chi connectivity index (χ0n) is 10.1. The average Bonchev–Trinajstić information content (AvgIpc) is 2.29. The summed E-state index contributed by atoms with van der Waals surface area (Å²) in [7, 11) is 1.58. The van der Waals surface area contributed by atoms with Crippen LogP contribution in [0.3, 0.4) is 0 Å². The van der Waals surface area contributed by atoms with E-state index in [4.69, 9.17) is 4.74 Å². The van der Waals surface area contributed by atoms with Crippen LogP contribution < -0.4 is 10.6 Å². The smallest absolute Gasteiger partial charge is 0.319 e. The summed E-state index contributed by atoms with van der Waals surface area (Å²) >= 11 is 0. The number of aliphatic hydroxyl groups is 1. The Kier molecular flexibility index (Phi) is 5.45. The minimum absolute atomic E-state index is 0.287.